The van der Waals surface area contributed by atoms with Crippen molar-refractivity contribution in [2.24, 2.45) is 0 Å². The second-order valence-electron chi connectivity index (χ2n) is 7.25. The third kappa shape index (κ3) is 5.74. The van der Waals surface area contributed by atoms with Crippen LogP contribution in [0.15, 0.2) is 24.3 Å². The second kappa shape index (κ2) is 9.80. The van der Waals surface area contributed by atoms with Crippen LogP contribution in [0.5, 0.6) is 0 Å². The lowest BCUT2D eigenvalue weighted by molar-refractivity contribution is -0.132. The van der Waals surface area contributed by atoms with E-state index in [9.17, 15) is 19.1 Å². The lowest BCUT2D eigenvalue weighted by Gasteiger charge is -2.22. The molecule has 2 N–H and O–H groups in total. The van der Waals surface area contributed by atoms with Gasteiger partial charge in [0.2, 0.25) is 0 Å². The predicted octanol–water partition coefficient (Wildman–Crippen LogP) is 2.98. The van der Waals surface area contributed by atoms with E-state index >= 15 is 0 Å². The van der Waals surface area contributed by atoms with Crippen molar-refractivity contribution in [3.63, 3.8) is 0 Å². The number of carbonyl (C=O) groups excluding carboxylic acids is 2. The Bertz CT molecular complexity index is 655. The largest absolute Gasteiger partial charge is 0.389 e. The van der Waals surface area contributed by atoms with E-state index in [0.29, 0.717) is 12.0 Å². The van der Waals surface area contributed by atoms with Crippen LogP contribution in [-0.2, 0) is 16.1 Å². The summed E-state index contributed by atoms with van der Waals surface area (Å²) < 4.78 is 18.9. The summed E-state index contributed by atoms with van der Waals surface area (Å²) in [6, 6.07) is 5.73. The molecule has 2 rings (SSSR count). The molecule has 0 spiro atoms. The van der Waals surface area contributed by atoms with Crippen LogP contribution in [0.4, 0.5) is 9.18 Å². The summed E-state index contributed by atoms with van der Waals surface area (Å²) in [5.74, 6) is -0.697. The Morgan fingerprint density at radius 2 is 2.00 bits per heavy atom. The molecule has 1 aromatic carbocycles. The normalized spacial score (nSPS) is 20.8. The van der Waals surface area contributed by atoms with Crippen molar-refractivity contribution in [1.29, 1.82) is 0 Å². The molecule has 7 heteroatoms. The maximum atomic E-state index is 13.5. The lowest BCUT2D eigenvalue weighted by atomic mass is 9.94. The van der Waals surface area contributed by atoms with Gasteiger partial charge in [-0.25, -0.2) is 9.18 Å². The Morgan fingerprint density at radius 1 is 1.26 bits per heavy atom. The topological polar surface area (TPSA) is 78.9 Å². The number of hydrogen-bond acceptors (Lipinski definition) is 4. The molecule has 1 saturated heterocycles. The van der Waals surface area contributed by atoms with Crippen molar-refractivity contribution in [2.75, 3.05) is 13.2 Å². The number of amides is 3. The van der Waals surface area contributed by atoms with Crippen molar-refractivity contribution in [3.05, 3.63) is 35.6 Å². The first kappa shape index (κ1) is 21.3. The standard InChI is InChI=1S/C20H29FN2O4/c1-3-4-5-8-11-20(2)18(25)23(19(26)22-20)12-16(24)14-27-13-15-9-6-7-10-17(15)21/h6-7,9-10,16,24H,3-5,8,11-14H2,1-2H3,(H,22,26). The molecular formula is C20H29FN2O4. The highest BCUT2D eigenvalue weighted by Gasteiger charge is 2.47. The Morgan fingerprint density at radius 3 is 2.70 bits per heavy atom. The number of aliphatic hydroxyl groups is 1. The van der Waals surface area contributed by atoms with Gasteiger partial charge < -0.3 is 15.2 Å². The number of benzene rings is 1. The zero-order chi connectivity index (χ0) is 19.9. The SMILES string of the molecule is CCCCCCC1(C)NC(=O)N(CC(O)COCc2ccccc2F)C1=O. The minimum absolute atomic E-state index is 0.0129. The summed E-state index contributed by atoms with van der Waals surface area (Å²) in [5, 5.41) is 12.9. The van der Waals surface area contributed by atoms with E-state index in [-0.39, 0.29) is 31.5 Å². The van der Waals surface area contributed by atoms with Crippen LogP contribution in [0.3, 0.4) is 0 Å². The average Bonchev–Trinajstić information content (AvgIpc) is 2.84. The van der Waals surface area contributed by atoms with Crippen LogP contribution in [0.25, 0.3) is 0 Å². The van der Waals surface area contributed by atoms with Crippen LogP contribution in [-0.4, -0.2) is 46.7 Å². The Hall–Kier alpha value is -1.99. The maximum Gasteiger partial charge on any atom is 0.325 e. The molecule has 0 bridgehead atoms. The van der Waals surface area contributed by atoms with Crippen LogP contribution in [0, 0.1) is 5.82 Å². The van der Waals surface area contributed by atoms with E-state index in [4.69, 9.17) is 4.74 Å². The molecule has 2 atom stereocenters. The first-order chi connectivity index (χ1) is 12.9. The van der Waals surface area contributed by atoms with E-state index in [1.54, 1.807) is 25.1 Å². The summed E-state index contributed by atoms with van der Waals surface area (Å²) in [4.78, 5) is 25.8. The van der Waals surface area contributed by atoms with Crippen molar-refractivity contribution >= 4 is 11.9 Å². The second-order valence-corrected chi connectivity index (χ2v) is 7.25. The highest BCUT2D eigenvalue weighted by atomic mass is 19.1. The van der Waals surface area contributed by atoms with Crippen LogP contribution in [0.2, 0.25) is 0 Å². The maximum absolute atomic E-state index is 13.5. The number of aliphatic hydroxyl groups excluding tert-OH is 1. The molecule has 1 aromatic rings. The summed E-state index contributed by atoms with van der Waals surface area (Å²) >= 11 is 0. The van der Waals surface area contributed by atoms with Crippen LogP contribution in [0.1, 0.15) is 51.5 Å². The quantitative estimate of drug-likeness (QED) is 0.457. The molecule has 27 heavy (non-hydrogen) atoms. The molecule has 3 amide bonds. The number of nitrogens with zero attached hydrogens (tertiary/aromatic N) is 1. The third-order valence-electron chi connectivity index (χ3n) is 4.79. The number of unbranched alkanes of at least 4 members (excludes halogenated alkanes) is 3. The molecule has 150 valence electrons. The molecule has 1 aliphatic heterocycles. The van der Waals surface area contributed by atoms with Gasteiger partial charge in [0, 0.05) is 5.56 Å². The molecule has 6 nitrogen and oxygen atoms in total. The minimum Gasteiger partial charge on any atom is -0.389 e. The highest BCUT2D eigenvalue weighted by Crippen LogP contribution is 2.24. The summed E-state index contributed by atoms with van der Waals surface area (Å²) in [6.45, 7) is 3.60. The van der Waals surface area contributed by atoms with Gasteiger partial charge in [-0.15, -0.1) is 0 Å². The van der Waals surface area contributed by atoms with Crippen LogP contribution >= 0.6 is 0 Å². The summed E-state index contributed by atoms with van der Waals surface area (Å²) in [6.07, 6.45) is 3.62. The van der Waals surface area contributed by atoms with Gasteiger partial charge >= 0.3 is 6.03 Å². The van der Waals surface area contributed by atoms with Gasteiger partial charge in [-0.3, -0.25) is 9.69 Å². The van der Waals surface area contributed by atoms with Gasteiger partial charge in [0.25, 0.3) is 5.91 Å². The zero-order valence-electron chi connectivity index (χ0n) is 16.0. The van der Waals surface area contributed by atoms with Gasteiger partial charge in [0.05, 0.1) is 25.9 Å². The molecule has 1 fully saturated rings. The molecule has 2 unspecified atom stereocenters. The predicted molar refractivity (Wildman–Crippen MR) is 99.5 cm³/mol. The first-order valence-electron chi connectivity index (χ1n) is 9.50. The fourth-order valence-corrected chi connectivity index (χ4v) is 3.17. The molecule has 1 heterocycles. The molecule has 0 aromatic heterocycles. The Kier molecular flexibility index (Phi) is 7.74. The third-order valence-corrected chi connectivity index (χ3v) is 4.79. The van der Waals surface area contributed by atoms with E-state index in [0.717, 1.165) is 30.6 Å². The van der Waals surface area contributed by atoms with Gasteiger partial charge in [-0.2, -0.15) is 0 Å². The zero-order valence-corrected chi connectivity index (χ0v) is 16.0. The van der Waals surface area contributed by atoms with Gasteiger partial charge in [-0.1, -0.05) is 50.8 Å². The fraction of sp³-hybridized carbons (Fsp3) is 0.600. The highest BCUT2D eigenvalue weighted by molar-refractivity contribution is 6.06. The number of ether oxygens (including phenoxy) is 1. The lowest BCUT2D eigenvalue weighted by Crippen LogP contribution is -2.44. The number of imide groups is 1. The number of β-amino-alcohol motifs (C(OH)–C–C–N with tert-alkyl or cyclic N) is 1. The van der Waals surface area contributed by atoms with E-state index in [2.05, 4.69) is 12.2 Å². The summed E-state index contributed by atoms with van der Waals surface area (Å²) in [7, 11) is 0. The van der Waals surface area contributed by atoms with E-state index in [1.165, 1.54) is 6.07 Å². The smallest absolute Gasteiger partial charge is 0.325 e. The number of halogens is 1. The van der Waals surface area contributed by atoms with Crippen molar-refractivity contribution in [1.82, 2.24) is 10.2 Å². The average molecular weight is 380 g/mol. The van der Waals surface area contributed by atoms with Crippen molar-refractivity contribution in [3.8, 4) is 0 Å². The van der Waals surface area contributed by atoms with Gasteiger partial charge in [-0.05, 0) is 19.4 Å². The monoisotopic (exact) mass is 380 g/mol. The Balaban J connectivity index is 1.80. The first-order valence-corrected chi connectivity index (χ1v) is 9.50. The molecule has 1 aliphatic rings. The molecule has 0 saturated carbocycles. The molecule has 0 radical (unpaired) electrons. The van der Waals surface area contributed by atoms with Gasteiger partial charge in [0.1, 0.15) is 11.4 Å². The number of urea groups is 1. The van der Waals surface area contributed by atoms with Crippen molar-refractivity contribution < 1.29 is 23.8 Å². The van der Waals surface area contributed by atoms with Crippen molar-refractivity contribution in [2.45, 2.75) is 64.2 Å². The van der Waals surface area contributed by atoms with E-state index in [1.807, 2.05) is 0 Å². The minimum atomic E-state index is -1.03. The molecular weight excluding hydrogens is 351 g/mol. The van der Waals surface area contributed by atoms with Crippen LogP contribution < -0.4 is 5.32 Å². The van der Waals surface area contributed by atoms with Gasteiger partial charge in [0.15, 0.2) is 0 Å². The summed E-state index contributed by atoms with van der Waals surface area (Å²) in [5.41, 5.74) is -0.530. The molecule has 0 aliphatic carbocycles. The Labute approximate surface area is 159 Å². The number of nitrogens with one attached hydrogen (secondary N) is 1. The number of carbonyl (C=O) groups is 2. The number of rotatable bonds is 11. The number of hydrogen-bond donors (Lipinski definition) is 2. The fourth-order valence-electron chi connectivity index (χ4n) is 3.17. The van der Waals surface area contributed by atoms with E-state index < -0.39 is 17.7 Å².